The molecule has 1 amide bonds. The van der Waals surface area contributed by atoms with Gasteiger partial charge in [0, 0.05) is 5.56 Å². The van der Waals surface area contributed by atoms with Crippen molar-refractivity contribution in [2.75, 3.05) is 5.32 Å². The molecular weight excluding hydrogens is 544 g/mol. The summed E-state index contributed by atoms with van der Waals surface area (Å²) in [7, 11) is -3.38. The van der Waals surface area contributed by atoms with Gasteiger partial charge in [-0.05, 0) is 18.2 Å². The van der Waals surface area contributed by atoms with E-state index in [1.165, 1.54) is 12.1 Å². The predicted octanol–water partition coefficient (Wildman–Crippen LogP) is 4.14. The first-order valence-corrected chi connectivity index (χ1v) is 15.1. The van der Waals surface area contributed by atoms with Crippen LogP contribution in [0.15, 0.2) is 95.9 Å². The largest absolute Gasteiger partial charge is 0.00837 e. The molecule has 7 nitrogen and oxygen atoms in total. The smallest absolute Gasteiger partial charge is 0.00837 e. The number of carbonyl (C=O) groups excluding carboxylic acids is 1. The maximum atomic E-state index is 14.0. The van der Waals surface area contributed by atoms with Gasteiger partial charge >= 0.3 is 152 Å². The number of hydrogen-bond donors (Lipinski definition) is 3. The van der Waals surface area contributed by atoms with Crippen LogP contribution in [0.2, 0.25) is 0 Å². The van der Waals surface area contributed by atoms with E-state index in [9.17, 15) is 17.6 Å². The fourth-order valence-electron chi connectivity index (χ4n) is 3.49. The molecule has 1 atom stereocenters. The van der Waals surface area contributed by atoms with Crippen LogP contribution in [0.1, 0.15) is 15.9 Å². The molecule has 0 radical (unpaired) electrons. The zero-order chi connectivity index (χ0) is 25.9. The van der Waals surface area contributed by atoms with Crippen molar-refractivity contribution in [1.82, 2.24) is 0 Å². The number of benzene rings is 4. The summed E-state index contributed by atoms with van der Waals surface area (Å²) in [6.45, 7) is 0. The van der Waals surface area contributed by atoms with E-state index in [0.29, 0.717) is 38.1 Å². The Balaban J connectivity index is 1.58. The number of hydrogen-bond acceptors (Lipinski definition) is 5. The maximum absolute atomic E-state index is 14.0. The van der Waals surface area contributed by atoms with Crippen LogP contribution in [0.25, 0.3) is 11.1 Å². The number of amidine groups is 1. The van der Waals surface area contributed by atoms with Crippen molar-refractivity contribution >= 4 is 41.2 Å². The second-order valence-electron chi connectivity index (χ2n) is 7.76. The van der Waals surface area contributed by atoms with E-state index in [2.05, 4.69) is 5.32 Å². The van der Waals surface area contributed by atoms with Gasteiger partial charge in [0.05, 0.1) is 0 Å². The molecule has 4 rings (SSSR count). The number of nitrogens with one attached hydrogen (secondary N) is 2. The molecule has 0 fully saturated rings. The van der Waals surface area contributed by atoms with E-state index >= 15 is 0 Å². The van der Waals surface area contributed by atoms with Crippen molar-refractivity contribution < 1.29 is 22.3 Å². The van der Waals surface area contributed by atoms with Gasteiger partial charge in [-0.25, -0.2) is 4.39 Å². The standard InChI is InChI=1S/C26H21AsFN3O4S/c27-36(33,34)24-7-2-1-6-21(24)16-8-10-17(11-9-16)26(32)31-22-15-19(28)12-13-23(22)35-20-5-3-4-18(14-20)25(29)30/h1-15H,27H2,(H3,29,30)(H,31,32). The summed E-state index contributed by atoms with van der Waals surface area (Å²) in [5.74, 6) is -0.638. The third-order valence-corrected chi connectivity index (χ3v) is 7.78. The van der Waals surface area contributed by atoms with Crippen molar-refractivity contribution in [1.29, 1.82) is 5.41 Å². The van der Waals surface area contributed by atoms with Crippen LogP contribution in [0, 0.1) is 11.2 Å². The monoisotopic (exact) mass is 565 g/mol. The molecule has 0 bridgehead atoms. The van der Waals surface area contributed by atoms with Gasteiger partial charge < -0.3 is 5.73 Å². The summed E-state index contributed by atoms with van der Waals surface area (Å²) < 4.78 is 44.1. The maximum Gasteiger partial charge on any atom is -0.00837 e. The summed E-state index contributed by atoms with van der Waals surface area (Å²) >= 11 is 0.620. The van der Waals surface area contributed by atoms with Crippen LogP contribution in [0.5, 0.6) is 11.5 Å². The van der Waals surface area contributed by atoms with E-state index in [1.807, 2.05) is 0 Å². The van der Waals surface area contributed by atoms with Gasteiger partial charge in [-0.3, -0.25) is 5.41 Å². The number of rotatable bonds is 7. The number of halogens is 1. The zero-order valence-electron chi connectivity index (χ0n) is 18.7. The zero-order valence-corrected chi connectivity index (χ0v) is 22.0. The van der Waals surface area contributed by atoms with E-state index in [1.54, 1.807) is 72.8 Å². The second kappa shape index (κ2) is 10.4. The van der Waals surface area contributed by atoms with Crippen molar-refractivity contribution in [3.05, 3.63) is 108 Å². The third-order valence-electron chi connectivity index (χ3n) is 5.21. The Labute approximate surface area is 215 Å². The molecule has 10 heteroatoms. The Morgan fingerprint density at radius 1 is 0.917 bits per heavy atom. The van der Waals surface area contributed by atoms with Gasteiger partial charge in [-0.15, -0.1) is 0 Å². The molecule has 0 saturated carbocycles. The molecule has 36 heavy (non-hydrogen) atoms. The molecule has 0 aromatic heterocycles. The summed E-state index contributed by atoms with van der Waals surface area (Å²) in [4.78, 5) is 13.1. The molecule has 0 spiro atoms. The van der Waals surface area contributed by atoms with Gasteiger partial charge in [0.25, 0.3) is 0 Å². The first kappa shape index (κ1) is 25.2. The number of nitrogens with two attached hydrogens (primary N) is 1. The minimum atomic E-state index is -3.38. The van der Waals surface area contributed by atoms with Crippen LogP contribution in [0.4, 0.5) is 10.1 Å². The van der Waals surface area contributed by atoms with Crippen LogP contribution in [-0.4, -0.2) is 35.9 Å². The average molecular weight is 565 g/mol. The van der Waals surface area contributed by atoms with Gasteiger partial charge in [0.1, 0.15) is 11.6 Å². The van der Waals surface area contributed by atoms with E-state index in [4.69, 9.17) is 15.9 Å². The Morgan fingerprint density at radius 2 is 1.64 bits per heavy atom. The molecule has 0 heterocycles. The number of carbonyl (C=O) groups is 1. The van der Waals surface area contributed by atoms with Crippen molar-refractivity contribution in [2.24, 2.45) is 5.73 Å². The fraction of sp³-hybridized carbons (Fsp3) is 0. The number of amides is 1. The summed E-state index contributed by atoms with van der Waals surface area (Å²) in [5, 5.41) is 10.2. The molecule has 4 aromatic carbocycles. The quantitative estimate of drug-likeness (QED) is 0.177. The molecule has 4 N–H and O–H groups in total. The summed E-state index contributed by atoms with van der Waals surface area (Å²) in [6, 6.07) is 23.3. The molecule has 0 saturated heterocycles. The molecule has 182 valence electrons. The summed E-state index contributed by atoms with van der Waals surface area (Å²) in [6.07, 6.45) is 0. The first-order valence-electron chi connectivity index (χ1n) is 10.6. The number of anilines is 1. The summed E-state index contributed by atoms with van der Waals surface area (Å²) in [5.41, 5.74) is 7.57. The van der Waals surface area contributed by atoms with Crippen LogP contribution in [-0.2, 0) is 8.10 Å². The fourth-order valence-corrected chi connectivity index (χ4v) is 5.55. The Hall–Kier alpha value is -3.94. The molecule has 0 aliphatic carbocycles. The number of ether oxygens (including phenoxy) is 1. The third kappa shape index (κ3) is 5.82. The van der Waals surface area contributed by atoms with Crippen molar-refractivity contribution in [3.63, 3.8) is 0 Å². The minimum Gasteiger partial charge on any atom is -0.00837 e. The predicted molar refractivity (Wildman–Crippen MR) is 139 cm³/mol. The molecule has 0 aliphatic heterocycles. The molecule has 0 aliphatic rings. The topological polar surface area (TPSA) is 122 Å². The Kier molecular flexibility index (Phi) is 7.24. The number of nitrogen functional groups attached to an aromatic ring is 1. The molecule has 1 unspecified atom stereocenters. The van der Waals surface area contributed by atoms with Gasteiger partial charge in [-0.1, -0.05) is 12.1 Å². The van der Waals surface area contributed by atoms with E-state index in [-0.39, 0.29) is 27.7 Å². The van der Waals surface area contributed by atoms with Crippen LogP contribution in [0.3, 0.4) is 0 Å². The first-order chi connectivity index (χ1) is 17.1. The Morgan fingerprint density at radius 3 is 2.33 bits per heavy atom. The average Bonchev–Trinajstić information content (AvgIpc) is 2.85. The normalized spacial score (nSPS) is 11.1. The van der Waals surface area contributed by atoms with Crippen LogP contribution >= 0.6 is 0 Å². The van der Waals surface area contributed by atoms with E-state index in [0.717, 1.165) is 6.07 Å². The molecule has 4 aromatic rings. The second-order valence-corrected chi connectivity index (χ2v) is 13.2. The van der Waals surface area contributed by atoms with E-state index < -0.39 is 19.8 Å². The Bertz CT molecular complexity index is 1570. The van der Waals surface area contributed by atoms with Gasteiger partial charge in [0.15, 0.2) is 0 Å². The minimum absolute atomic E-state index is 0.113. The van der Waals surface area contributed by atoms with Crippen molar-refractivity contribution in [3.8, 4) is 22.6 Å². The molecular formula is C26H21AsFN3O4S. The van der Waals surface area contributed by atoms with Gasteiger partial charge in [-0.2, -0.15) is 0 Å². The SMILES string of the molecule is N=C(N)c1cccc(Oc2ccc(F)cc2NC(=O)c2ccc(-c3ccccc3S(=O)(=O)[AsH2])cc2)c1. The van der Waals surface area contributed by atoms with Gasteiger partial charge in [0.2, 0.25) is 0 Å². The van der Waals surface area contributed by atoms with Crippen molar-refractivity contribution in [2.45, 2.75) is 4.90 Å². The van der Waals surface area contributed by atoms with Crippen LogP contribution < -0.4 is 15.8 Å².